The molecule has 1 fully saturated rings. The Morgan fingerprint density at radius 1 is 1.03 bits per heavy atom. The first-order chi connectivity index (χ1) is 13.4. The van der Waals surface area contributed by atoms with Gasteiger partial charge in [0.1, 0.15) is 17.3 Å². The fraction of sp³-hybridized carbons (Fsp3) is 0.400. The molecular weight excluding hydrogens is 396 g/mol. The highest BCUT2D eigenvalue weighted by Crippen LogP contribution is 2.37. The normalized spacial score (nSPS) is 18.1. The van der Waals surface area contributed by atoms with E-state index in [4.69, 9.17) is 19.2 Å². The van der Waals surface area contributed by atoms with Crippen LogP contribution < -0.4 is 15.3 Å². The standard InChI is InChI=1S/C20H25BFNO5S/c1-19(2)20(3,4)28-21(27-19)15-6-5-14(11-12-29(23,24)25)18(13-15)26-17-9-7-16(22)8-10-17/h5-10,13H,11-12H2,1-4H3,(H2,23,24,25). The van der Waals surface area contributed by atoms with Crippen LogP contribution in [-0.4, -0.2) is 32.5 Å². The third kappa shape index (κ3) is 5.16. The quantitative estimate of drug-likeness (QED) is 0.725. The summed E-state index contributed by atoms with van der Waals surface area (Å²) in [5.41, 5.74) is 0.396. The van der Waals surface area contributed by atoms with Gasteiger partial charge in [-0.2, -0.15) is 0 Å². The van der Waals surface area contributed by atoms with E-state index in [1.807, 2.05) is 33.8 Å². The van der Waals surface area contributed by atoms with Crippen molar-refractivity contribution in [1.29, 1.82) is 0 Å². The van der Waals surface area contributed by atoms with Crippen molar-refractivity contribution in [2.75, 3.05) is 5.75 Å². The third-order valence-electron chi connectivity index (χ3n) is 5.31. The first-order valence-electron chi connectivity index (χ1n) is 9.29. The Kier molecular flexibility index (Phi) is 5.79. The monoisotopic (exact) mass is 421 g/mol. The maximum atomic E-state index is 13.2. The number of primary sulfonamides is 1. The third-order valence-corrected chi connectivity index (χ3v) is 6.09. The molecule has 0 spiro atoms. The summed E-state index contributed by atoms with van der Waals surface area (Å²) < 4.78 is 54.1. The summed E-state index contributed by atoms with van der Waals surface area (Å²) in [5, 5.41) is 5.14. The van der Waals surface area contributed by atoms with Crippen LogP contribution in [0.5, 0.6) is 11.5 Å². The molecule has 156 valence electrons. The molecule has 1 heterocycles. The van der Waals surface area contributed by atoms with Gasteiger partial charge in [0.25, 0.3) is 0 Å². The Balaban J connectivity index is 1.93. The SMILES string of the molecule is CC1(C)OB(c2ccc(CCS(N)(=O)=O)c(Oc3ccc(F)cc3)c2)OC1(C)C. The summed E-state index contributed by atoms with van der Waals surface area (Å²) in [5.74, 6) is 0.266. The molecule has 0 atom stereocenters. The van der Waals surface area contributed by atoms with Crippen molar-refractivity contribution in [3.8, 4) is 11.5 Å². The zero-order valence-electron chi connectivity index (χ0n) is 16.9. The maximum Gasteiger partial charge on any atom is 0.494 e. The molecule has 29 heavy (non-hydrogen) atoms. The van der Waals surface area contributed by atoms with Crippen LogP contribution in [0, 0.1) is 5.82 Å². The number of aryl methyl sites for hydroxylation is 1. The number of sulfonamides is 1. The van der Waals surface area contributed by atoms with Gasteiger partial charge in [-0.05, 0) is 75.5 Å². The molecule has 0 amide bonds. The van der Waals surface area contributed by atoms with Crippen LogP contribution in [-0.2, 0) is 25.8 Å². The Labute approximate surface area is 171 Å². The minimum absolute atomic E-state index is 0.180. The number of hydrogen-bond donors (Lipinski definition) is 1. The molecule has 0 unspecified atom stereocenters. The second-order valence-corrected chi connectivity index (χ2v) is 9.86. The van der Waals surface area contributed by atoms with Crippen LogP contribution in [0.25, 0.3) is 0 Å². The summed E-state index contributed by atoms with van der Waals surface area (Å²) in [6.07, 6.45) is 0.180. The van der Waals surface area contributed by atoms with Crippen molar-refractivity contribution < 1.29 is 26.9 Å². The predicted molar refractivity (Wildman–Crippen MR) is 110 cm³/mol. The van der Waals surface area contributed by atoms with Crippen molar-refractivity contribution >= 4 is 22.6 Å². The molecule has 0 radical (unpaired) electrons. The van der Waals surface area contributed by atoms with Crippen LogP contribution in [0.1, 0.15) is 33.3 Å². The Morgan fingerprint density at radius 2 is 1.62 bits per heavy atom. The van der Waals surface area contributed by atoms with E-state index in [1.165, 1.54) is 24.3 Å². The fourth-order valence-electron chi connectivity index (χ4n) is 2.88. The van der Waals surface area contributed by atoms with E-state index in [-0.39, 0.29) is 18.0 Å². The van der Waals surface area contributed by atoms with E-state index in [0.29, 0.717) is 17.1 Å². The van der Waals surface area contributed by atoms with E-state index in [2.05, 4.69) is 0 Å². The molecule has 0 bridgehead atoms. The van der Waals surface area contributed by atoms with Gasteiger partial charge < -0.3 is 14.0 Å². The van der Waals surface area contributed by atoms with E-state index in [9.17, 15) is 12.8 Å². The molecule has 0 saturated carbocycles. The van der Waals surface area contributed by atoms with Crippen LogP contribution in [0.4, 0.5) is 4.39 Å². The van der Waals surface area contributed by atoms with Crippen molar-refractivity contribution in [2.24, 2.45) is 5.14 Å². The van der Waals surface area contributed by atoms with Gasteiger partial charge in [0.15, 0.2) is 0 Å². The Hall–Kier alpha value is -1.94. The molecule has 0 aliphatic carbocycles. The van der Waals surface area contributed by atoms with Crippen LogP contribution in [0.2, 0.25) is 0 Å². The second kappa shape index (κ2) is 7.72. The zero-order valence-corrected chi connectivity index (χ0v) is 17.8. The summed E-state index contributed by atoms with van der Waals surface area (Å²) in [6.45, 7) is 7.85. The average molecular weight is 421 g/mol. The molecular formula is C20H25BFNO5S. The van der Waals surface area contributed by atoms with Gasteiger partial charge >= 0.3 is 7.12 Å². The van der Waals surface area contributed by atoms with Crippen molar-refractivity contribution in [3.63, 3.8) is 0 Å². The second-order valence-electron chi connectivity index (χ2n) is 8.13. The number of benzene rings is 2. The van der Waals surface area contributed by atoms with Crippen LogP contribution >= 0.6 is 0 Å². The summed E-state index contributed by atoms with van der Waals surface area (Å²) in [7, 11) is -4.22. The zero-order chi connectivity index (χ0) is 21.4. The molecule has 0 aromatic heterocycles. The van der Waals surface area contributed by atoms with Crippen LogP contribution in [0.15, 0.2) is 42.5 Å². The van der Waals surface area contributed by atoms with Gasteiger partial charge in [0.05, 0.1) is 17.0 Å². The maximum absolute atomic E-state index is 13.2. The Morgan fingerprint density at radius 3 is 2.17 bits per heavy atom. The number of ether oxygens (including phenoxy) is 1. The van der Waals surface area contributed by atoms with E-state index < -0.39 is 28.3 Å². The van der Waals surface area contributed by atoms with Gasteiger partial charge in [0.2, 0.25) is 10.0 Å². The van der Waals surface area contributed by atoms with Crippen molar-refractivity contribution in [2.45, 2.75) is 45.3 Å². The number of rotatable bonds is 6. The molecule has 2 aromatic rings. The van der Waals surface area contributed by atoms with Gasteiger partial charge in [0, 0.05) is 0 Å². The first kappa shape index (κ1) is 21.8. The minimum Gasteiger partial charge on any atom is -0.457 e. The topological polar surface area (TPSA) is 87.9 Å². The van der Waals surface area contributed by atoms with Gasteiger partial charge in [-0.1, -0.05) is 12.1 Å². The lowest BCUT2D eigenvalue weighted by Gasteiger charge is -2.32. The largest absolute Gasteiger partial charge is 0.494 e. The number of halogens is 1. The lowest BCUT2D eigenvalue weighted by molar-refractivity contribution is 0.00578. The van der Waals surface area contributed by atoms with Crippen molar-refractivity contribution in [3.05, 3.63) is 53.8 Å². The van der Waals surface area contributed by atoms with E-state index in [1.54, 1.807) is 12.1 Å². The smallest absolute Gasteiger partial charge is 0.457 e. The highest BCUT2D eigenvalue weighted by atomic mass is 32.2. The molecule has 1 saturated heterocycles. The molecule has 2 N–H and O–H groups in total. The summed E-state index contributed by atoms with van der Waals surface area (Å²) in [4.78, 5) is 0. The van der Waals surface area contributed by atoms with Crippen LogP contribution in [0.3, 0.4) is 0 Å². The fourth-order valence-corrected chi connectivity index (χ4v) is 3.38. The highest BCUT2D eigenvalue weighted by molar-refractivity contribution is 7.89. The number of hydrogen-bond acceptors (Lipinski definition) is 5. The van der Waals surface area contributed by atoms with Crippen molar-refractivity contribution in [1.82, 2.24) is 0 Å². The molecule has 3 rings (SSSR count). The number of nitrogens with two attached hydrogens (primary N) is 1. The van der Waals surface area contributed by atoms with E-state index >= 15 is 0 Å². The predicted octanol–water partition coefficient (Wildman–Crippen LogP) is 2.75. The van der Waals surface area contributed by atoms with Gasteiger partial charge in [-0.15, -0.1) is 0 Å². The average Bonchev–Trinajstić information content (AvgIpc) is 2.83. The minimum atomic E-state index is -3.63. The molecule has 1 aliphatic rings. The van der Waals surface area contributed by atoms with Gasteiger partial charge in [-0.25, -0.2) is 17.9 Å². The highest BCUT2D eigenvalue weighted by Gasteiger charge is 2.51. The molecule has 9 heteroatoms. The summed E-state index contributed by atoms with van der Waals surface area (Å²) >= 11 is 0. The molecule has 1 aliphatic heterocycles. The van der Waals surface area contributed by atoms with Gasteiger partial charge in [-0.3, -0.25) is 0 Å². The summed E-state index contributed by atoms with van der Waals surface area (Å²) in [6, 6.07) is 10.9. The molecule has 2 aromatic carbocycles. The first-order valence-corrected chi connectivity index (χ1v) is 11.0. The Bertz CT molecular complexity index is 976. The molecule has 6 nitrogen and oxygen atoms in total. The van der Waals surface area contributed by atoms with E-state index in [0.717, 1.165) is 5.46 Å². The lowest BCUT2D eigenvalue weighted by Crippen LogP contribution is -2.41. The lowest BCUT2D eigenvalue weighted by atomic mass is 9.78.